The SMILES string of the molecule is C=CCOC(=O)N[C@@]1(C)C[C@H](O[C@H]2[C@H](Oc3c4cc5cc3Oc3ccc(cc3Cl)[C@@H](O)[C@@H](NC(=O)[C@@H](CC(C)C)N(C)C(=O)OCC=C)C(=O)N[C@@H](CC(N)=O)C(=O)N[C@H]5C(=O)N[C@H]3C(=O)N[C@H](C(=O)N[C@H](C(=O)OCC=C)c5cc(O)cc(O)c5-c5cc3ccc5O)[C@H](O)c3ccc(c(Cl)c3)O4)O[C@H](CI)[C@@H](O)[C@@H]2O)O[C@@H](C)[C@H]1O. The van der Waals surface area contributed by atoms with E-state index < -0.39 is 261 Å². The number of aromatic hydroxyl groups is 3. The van der Waals surface area contributed by atoms with Crippen LogP contribution in [-0.4, -0.2) is 215 Å². The summed E-state index contributed by atoms with van der Waals surface area (Å²) in [5, 5.41) is 112. The summed E-state index contributed by atoms with van der Waals surface area (Å²) in [6, 6.07) is -1.15. The van der Waals surface area contributed by atoms with Crippen molar-refractivity contribution in [2.45, 2.75) is 156 Å². The first kappa shape index (κ1) is 87.8. The zero-order valence-electron chi connectivity index (χ0n) is 62.7. The number of esters is 1. The lowest BCUT2D eigenvalue weighted by Gasteiger charge is -2.48. The second-order valence-corrected chi connectivity index (χ2v) is 30.0. The second kappa shape index (κ2) is 37.6. The molecule has 36 nitrogen and oxygen atoms in total. The van der Waals surface area contributed by atoms with Crippen LogP contribution in [0.3, 0.4) is 0 Å². The Hall–Kier alpha value is -10.6. The molecule has 7 aliphatic rings. The molecule has 2 saturated heterocycles. The van der Waals surface area contributed by atoms with Crippen molar-refractivity contribution in [1.82, 2.24) is 42.1 Å². The van der Waals surface area contributed by atoms with Gasteiger partial charge in [0.15, 0.2) is 29.9 Å². The summed E-state index contributed by atoms with van der Waals surface area (Å²) in [6.45, 7) is 16.0. The van der Waals surface area contributed by atoms with E-state index in [1.807, 2.05) is 22.6 Å². The zero-order valence-corrected chi connectivity index (χ0v) is 66.4. The number of halogens is 3. The highest BCUT2D eigenvalue weighted by Crippen LogP contribution is 2.50. The van der Waals surface area contributed by atoms with Crippen molar-refractivity contribution >= 4 is 105 Å². The van der Waals surface area contributed by atoms with Gasteiger partial charge in [-0.2, -0.15) is 0 Å². The first-order chi connectivity index (χ1) is 55.0. The molecule has 17 N–H and O–H groups in total. The van der Waals surface area contributed by atoms with Gasteiger partial charge in [0.25, 0.3) is 0 Å². The fourth-order valence-electron chi connectivity index (χ4n) is 13.6. The van der Waals surface area contributed by atoms with Crippen LogP contribution in [-0.2, 0) is 66.8 Å². The summed E-state index contributed by atoms with van der Waals surface area (Å²) in [6.07, 6.45) is -17.4. The Morgan fingerprint density at radius 2 is 1.29 bits per heavy atom. The maximum Gasteiger partial charge on any atom is 0.410 e. The molecule has 0 saturated carbocycles. The molecule has 2 fully saturated rings. The van der Waals surface area contributed by atoms with E-state index in [1.54, 1.807) is 13.8 Å². The van der Waals surface area contributed by atoms with Crippen LogP contribution >= 0.6 is 45.8 Å². The monoisotopic (exact) mass is 1770 g/mol. The highest BCUT2D eigenvalue weighted by Gasteiger charge is 2.53. The largest absolute Gasteiger partial charge is 0.508 e. The minimum absolute atomic E-state index is 0.0670. The summed E-state index contributed by atoms with van der Waals surface area (Å²) in [5.41, 5.74) is 1.46. The zero-order chi connectivity index (χ0) is 84.6. The predicted molar refractivity (Wildman–Crippen MR) is 415 cm³/mol. The third-order valence-corrected chi connectivity index (χ3v) is 20.9. The van der Waals surface area contributed by atoms with Crippen molar-refractivity contribution in [2.24, 2.45) is 11.7 Å². The van der Waals surface area contributed by atoms with Crippen LogP contribution < -0.4 is 57.2 Å². The number of likely N-dealkylation sites (N-methyl/N-ethyl adjacent to an activating group) is 1. The van der Waals surface area contributed by atoms with Crippen LogP contribution in [0.5, 0.6) is 46.0 Å². The average Bonchev–Trinajstić information content (AvgIpc) is 0.764. The Morgan fingerprint density at radius 1 is 0.698 bits per heavy atom. The van der Waals surface area contributed by atoms with E-state index in [0.29, 0.717) is 0 Å². The number of carbonyl (C=O) groups is 10. The maximum atomic E-state index is 16.3. The van der Waals surface area contributed by atoms with Crippen LogP contribution in [0.4, 0.5) is 9.59 Å². The number of amides is 9. The van der Waals surface area contributed by atoms with Crippen LogP contribution in [0, 0.1) is 5.92 Å². The number of phenols is 3. The van der Waals surface area contributed by atoms with E-state index in [0.717, 1.165) is 71.6 Å². The van der Waals surface area contributed by atoms with Crippen molar-refractivity contribution in [3.8, 4) is 57.1 Å². The number of benzene rings is 5. The Balaban J connectivity index is 1.23. The van der Waals surface area contributed by atoms with Crippen LogP contribution in [0.1, 0.15) is 105 Å². The Labute approximate surface area is 686 Å². The average molecular weight is 1770 g/mol. The number of fused-ring (bicyclic) bond motifs is 15. The summed E-state index contributed by atoms with van der Waals surface area (Å²) in [5.74, 6) is -16.1. The van der Waals surface area contributed by atoms with Gasteiger partial charge in [0.1, 0.15) is 115 Å². The number of nitrogens with one attached hydrogen (secondary N) is 7. The van der Waals surface area contributed by atoms with E-state index in [9.17, 15) is 64.8 Å². The fraction of sp³-hybridized carbons (Fsp3) is 0.403. The number of rotatable bonds is 20. The van der Waals surface area contributed by atoms with E-state index in [-0.39, 0.29) is 52.4 Å². The lowest BCUT2D eigenvalue weighted by Crippen LogP contribution is -2.66. The number of nitrogens with zero attached hydrogens (tertiary/aromatic N) is 1. The second-order valence-electron chi connectivity index (χ2n) is 28.3. The molecule has 11 bridgehead atoms. The van der Waals surface area contributed by atoms with E-state index in [4.69, 9.17) is 71.6 Å². The smallest absolute Gasteiger partial charge is 0.410 e. The van der Waals surface area contributed by atoms with Gasteiger partial charge in [-0.15, -0.1) is 0 Å². The van der Waals surface area contributed by atoms with Crippen LogP contribution in [0.15, 0.2) is 117 Å². The van der Waals surface area contributed by atoms with Gasteiger partial charge < -0.3 is 126 Å². The lowest BCUT2D eigenvalue weighted by atomic mass is 9.85. The van der Waals surface area contributed by atoms with Crippen LogP contribution in [0.25, 0.3) is 11.1 Å². The third kappa shape index (κ3) is 19.7. The molecule has 0 aliphatic carbocycles. The number of alkyl halides is 1. The molecule has 39 heteroatoms. The Bertz CT molecular complexity index is 4660. The van der Waals surface area contributed by atoms with Gasteiger partial charge in [-0.3, -0.25) is 38.5 Å². The molecule has 0 unspecified atom stereocenters. The van der Waals surface area contributed by atoms with Crippen molar-refractivity contribution in [3.63, 3.8) is 0 Å². The summed E-state index contributed by atoms with van der Waals surface area (Å²) in [4.78, 5) is 148. The molecular formula is C77H86Cl2IN9O27. The lowest BCUT2D eigenvalue weighted by molar-refractivity contribution is -0.329. The predicted octanol–water partition coefficient (Wildman–Crippen LogP) is 4.18. The molecule has 0 radical (unpaired) electrons. The molecule has 5 aromatic rings. The van der Waals surface area contributed by atoms with Gasteiger partial charge >= 0.3 is 18.2 Å². The molecule has 116 heavy (non-hydrogen) atoms. The first-order valence-corrected chi connectivity index (χ1v) is 38.3. The van der Waals surface area contributed by atoms with Crippen molar-refractivity contribution in [1.29, 1.82) is 0 Å². The van der Waals surface area contributed by atoms with E-state index >= 15 is 24.0 Å². The molecule has 7 heterocycles. The Morgan fingerprint density at radius 3 is 1.91 bits per heavy atom. The number of primary amides is 1. The normalized spacial score (nSPS) is 26.8. The van der Waals surface area contributed by atoms with E-state index in [2.05, 4.69) is 57.0 Å². The number of nitrogens with two attached hydrogens (primary N) is 1. The fourth-order valence-corrected chi connectivity index (χ4v) is 14.8. The third-order valence-electron chi connectivity index (χ3n) is 19.5. The molecule has 5 aromatic carbocycles. The molecule has 9 amide bonds. The number of carbonyl (C=O) groups excluding carboxylic acids is 10. The van der Waals surface area contributed by atoms with Gasteiger partial charge in [0.2, 0.25) is 53.4 Å². The molecule has 12 rings (SSSR count). The number of hydrogen-bond acceptors (Lipinski definition) is 27. The quantitative estimate of drug-likeness (QED) is 0.0171. The topological polar surface area (TPSA) is 529 Å². The van der Waals surface area contributed by atoms with Gasteiger partial charge in [0, 0.05) is 40.7 Å². The molecular weight excluding hydrogens is 1680 g/mol. The van der Waals surface area contributed by atoms with Gasteiger partial charge in [-0.05, 0) is 103 Å². The van der Waals surface area contributed by atoms with Crippen molar-refractivity contribution in [3.05, 3.63) is 155 Å². The number of aliphatic hydroxyl groups excluding tert-OH is 5. The minimum Gasteiger partial charge on any atom is -0.508 e. The van der Waals surface area contributed by atoms with Gasteiger partial charge in [-0.1, -0.05) is 116 Å². The van der Waals surface area contributed by atoms with Crippen molar-refractivity contribution < 1.29 is 131 Å². The maximum absolute atomic E-state index is 16.3. The van der Waals surface area contributed by atoms with Gasteiger partial charge in [-0.25, -0.2) is 14.4 Å². The molecule has 0 spiro atoms. The number of aliphatic hydroxyl groups is 5. The van der Waals surface area contributed by atoms with Crippen molar-refractivity contribution in [2.75, 3.05) is 31.3 Å². The number of ether oxygens (including phenoxy) is 9. The summed E-state index contributed by atoms with van der Waals surface area (Å²) < 4.78 is 55.1. The highest BCUT2D eigenvalue weighted by atomic mass is 127. The van der Waals surface area contributed by atoms with Crippen LogP contribution in [0.2, 0.25) is 10.0 Å². The summed E-state index contributed by atoms with van der Waals surface area (Å²) in [7, 11) is 1.23. The first-order valence-electron chi connectivity index (χ1n) is 36.0. The highest BCUT2D eigenvalue weighted by molar-refractivity contribution is 14.1. The molecule has 7 aliphatic heterocycles. The Kier molecular flexibility index (Phi) is 28.4. The number of phenolic OH excluding ortho intramolecular Hbond substituents is 3. The number of alkyl carbamates (subject to hydrolysis) is 1. The van der Waals surface area contributed by atoms with E-state index in [1.165, 1.54) is 51.3 Å². The molecule has 0 aromatic heterocycles. The standard InChI is InChI=1S/C77H86Cl2IN9O27/c1-9-18-108-73(105)57-40-27-38(90)28-46(92)54(40)39-22-34(12-15-45(39)91)55-69(101)87-59(72(104)85-57)61(95)36-14-17-48(42(79)24-36)113-50-26-37-25-49(64(50)116-74-65(63(97)62(96)51(31-80)114-74)115-53-30-77(7,66(98)33(6)111-53)88-75(106)109-19-10-2)112-47-16-13-35(23-41(47)78)60(94)58(86-68(100)44(21-32(4)5)89(8)76(107)110-20-11-3)71(103)82-43(29-52(81)93)67(99)83-56(37)70(102)84-55/h9-17,22-28,32-33,43-44,51,53,55-63,65-66,74,90-92,94-98H,1-3,18-21,29-31H2,4-8H3,(H2,81,93)(H,82,103)(H,83,99)(H,84,102)(H,85,104)(H,86,100)(H,87,101)(H,88,106)/t33-,43-,44+,51+,53-,55+,56+,57-,58+,59-,60+,61+,62+,63-,65+,66+,74-,77-/m0/s1. The minimum atomic E-state index is -2.40. The van der Waals surface area contributed by atoms with Gasteiger partial charge in [0.05, 0.1) is 34.2 Å². The molecule has 18 atom stereocenters. The molecule has 622 valence electrons. The number of hydrogen-bond donors (Lipinski definition) is 16. The summed E-state index contributed by atoms with van der Waals surface area (Å²) >= 11 is 16.2.